The van der Waals surface area contributed by atoms with Crippen molar-refractivity contribution in [3.8, 4) is 0 Å². The first-order valence-corrected chi connectivity index (χ1v) is 11.3. The zero-order valence-corrected chi connectivity index (χ0v) is 18.0. The lowest BCUT2D eigenvalue weighted by atomic mass is 9.97. The third kappa shape index (κ3) is 6.24. The molecule has 3 nitrogen and oxygen atoms in total. The second kappa shape index (κ2) is 11.4. The highest BCUT2D eigenvalue weighted by Gasteiger charge is 2.14. The van der Waals surface area contributed by atoms with E-state index in [1.54, 1.807) is 0 Å². The molecule has 2 N–H and O–H groups in total. The monoisotopic (exact) mass is 409 g/mol. The summed E-state index contributed by atoms with van der Waals surface area (Å²) in [6.45, 7) is 2.84. The minimum Gasteiger partial charge on any atom is -0.313 e. The van der Waals surface area contributed by atoms with Crippen molar-refractivity contribution in [1.82, 2.24) is 15.6 Å². The van der Waals surface area contributed by atoms with Gasteiger partial charge in [0.15, 0.2) is 0 Å². The molecule has 0 aliphatic heterocycles. The number of hydrogen-bond acceptors (Lipinski definition) is 3. The Bertz CT molecular complexity index is 1040. The van der Waals surface area contributed by atoms with Gasteiger partial charge in [0.1, 0.15) is 0 Å². The Kier molecular flexibility index (Phi) is 7.81. The van der Waals surface area contributed by atoms with Crippen molar-refractivity contribution in [2.45, 2.75) is 38.4 Å². The molecule has 4 aromatic rings. The maximum atomic E-state index is 4.55. The van der Waals surface area contributed by atoms with Gasteiger partial charge >= 0.3 is 0 Å². The lowest BCUT2D eigenvalue weighted by Crippen LogP contribution is -2.22. The van der Waals surface area contributed by atoms with Crippen LogP contribution < -0.4 is 10.6 Å². The van der Waals surface area contributed by atoms with Gasteiger partial charge in [-0.3, -0.25) is 4.98 Å². The van der Waals surface area contributed by atoms with E-state index in [0.717, 1.165) is 31.6 Å². The van der Waals surface area contributed by atoms with Gasteiger partial charge in [0, 0.05) is 30.7 Å². The van der Waals surface area contributed by atoms with Gasteiger partial charge < -0.3 is 10.6 Å². The summed E-state index contributed by atoms with van der Waals surface area (Å²) in [4.78, 5) is 4.55. The summed E-state index contributed by atoms with van der Waals surface area (Å²) in [5.41, 5.74) is 5.07. The number of benzene rings is 3. The van der Waals surface area contributed by atoms with Crippen LogP contribution in [0.4, 0.5) is 0 Å². The van der Waals surface area contributed by atoms with E-state index in [0.29, 0.717) is 6.04 Å². The number of nitrogens with zero attached hydrogens (tertiary/aromatic N) is 1. The van der Waals surface area contributed by atoms with E-state index in [4.69, 9.17) is 0 Å². The molecular weight excluding hydrogens is 378 g/mol. The number of nitrogens with one attached hydrogen (secondary N) is 2. The molecule has 1 aromatic heterocycles. The molecule has 0 aliphatic rings. The van der Waals surface area contributed by atoms with E-state index in [-0.39, 0.29) is 0 Å². The van der Waals surface area contributed by atoms with Crippen LogP contribution in [0.15, 0.2) is 97.2 Å². The zero-order chi connectivity index (χ0) is 21.1. The Morgan fingerprint density at radius 1 is 0.677 bits per heavy atom. The van der Waals surface area contributed by atoms with Crippen molar-refractivity contribution in [3.63, 3.8) is 0 Å². The summed E-state index contributed by atoms with van der Waals surface area (Å²) in [6.07, 6.45) is 5.38. The van der Waals surface area contributed by atoms with Crippen LogP contribution in [0.1, 0.15) is 42.0 Å². The highest BCUT2D eigenvalue weighted by molar-refractivity contribution is 5.82. The molecule has 31 heavy (non-hydrogen) atoms. The summed E-state index contributed by atoms with van der Waals surface area (Å²) < 4.78 is 0. The average molecular weight is 410 g/mol. The summed E-state index contributed by atoms with van der Waals surface area (Å²) in [7, 11) is 0. The number of unbranched alkanes of at least 4 members (excludes halogenated alkanes) is 1. The molecule has 0 fully saturated rings. The predicted octanol–water partition coefficient (Wildman–Crippen LogP) is 6.03. The van der Waals surface area contributed by atoms with Gasteiger partial charge in [0.05, 0.1) is 5.52 Å². The third-order valence-corrected chi connectivity index (χ3v) is 5.72. The number of rotatable bonds is 11. The SMILES string of the molecule is c1ccc(CNCCCCC(NCc2ccccc2)c2ccnc3ccccc23)cc1. The van der Waals surface area contributed by atoms with Crippen molar-refractivity contribution in [1.29, 1.82) is 0 Å². The van der Waals surface area contributed by atoms with Crippen LogP contribution in [0.3, 0.4) is 0 Å². The smallest absolute Gasteiger partial charge is 0.0705 e. The van der Waals surface area contributed by atoms with Crippen LogP contribution in [0.25, 0.3) is 10.9 Å². The van der Waals surface area contributed by atoms with E-state index in [2.05, 4.69) is 107 Å². The summed E-state index contributed by atoms with van der Waals surface area (Å²) in [5.74, 6) is 0. The Morgan fingerprint density at radius 2 is 1.35 bits per heavy atom. The normalized spacial score (nSPS) is 12.1. The second-order valence-corrected chi connectivity index (χ2v) is 7.99. The molecule has 1 unspecified atom stereocenters. The van der Waals surface area contributed by atoms with Gasteiger partial charge in [-0.05, 0) is 48.2 Å². The largest absolute Gasteiger partial charge is 0.313 e. The fraction of sp³-hybridized carbons (Fsp3) is 0.250. The van der Waals surface area contributed by atoms with Crippen molar-refractivity contribution in [3.05, 3.63) is 114 Å². The van der Waals surface area contributed by atoms with Crippen LogP contribution in [0.2, 0.25) is 0 Å². The summed E-state index contributed by atoms with van der Waals surface area (Å²) in [5, 5.41) is 8.63. The van der Waals surface area contributed by atoms with E-state index < -0.39 is 0 Å². The summed E-state index contributed by atoms with van der Waals surface area (Å²) >= 11 is 0. The van der Waals surface area contributed by atoms with E-state index in [9.17, 15) is 0 Å². The van der Waals surface area contributed by atoms with E-state index in [1.807, 2.05) is 6.20 Å². The number of hydrogen-bond donors (Lipinski definition) is 2. The molecule has 0 saturated carbocycles. The van der Waals surface area contributed by atoms with Gasteiger partial charge in [-0.2, -0.15) is 0 Å². The Morgan fingerprint density at radius 3 is 2.13 bits per heavy atom. The van der Waals surface area contributed by atoms with Gasteiger partial charge in [0.2, 0.25) is 0 Å². The molecule has 3 aromatic carbocycles. The van der Waals surface area contributed by atoms with Crippen molar-refractivity contribution >= 4 is 10.9 Å². The highest BCUT2D eigenvalue weighted by atomic mass is 14.9. The first kappa shape index (κ1) is 21.2. The minimum absolute atomic E-state index is 0.308. The predicted molar refractivity (Wildman–Crippen MR) is 130 cm³/mol. The average Bonchev–Trinajstić information content (AvgIpc) is 2.84. The quantitative estimate of drug-likeness (QED) is 0.297. The Balaban J connectivity index is 1.36. The van der Waals surface area contributed by atoms with Crippen molar-refractivity contribution in [2.75, 3.05) is 6.54 Å². The number of pyridine rings is 1. The van der Waals surface area contributed by atoms with Crippen LogP contribution in [-0.2, 0) is 13.1 Å². The fourth-order valence-corrected chi connectivity index (χ4v) is 4.05. The first-order chi connectivity index (χ1) is 15.4. The number of fused-ring (bicyclic) bond motifs is 1. The molecule has 0 amide bonds. The molecule has 158 valence electrons. The second-order valence-electron chi connectivity index (χ2n) is 7.99. The molecular formula is C28H31N3. The van der Waals surface area contributed by atoms with Gasteiger partial charge in [0.25, 0.3) is 0 Å². The molecule has 0 spiro atoms. The van der Waals surface area contributed by atoms with Crippen LogP contribution in [0.5, 0.6) is 0 Å². The van der Waals surface area contributed by atoms with Gasteiger partial charge in [-0.15, -0.1) is 0 Å². The first-order valence-electron chi connectivity index (χ1n) is 11.3. The number of aromatic nitrogens is 1. The lowest BCUT2D eigenvalue weighted by Gasteiger charge is -2.21. The van der Waals surface area contributed by atoms with Gasteiger partial charge in [-0.1, -0.05) is 85.3 Å². The topological polar surface area (TPSA) is 37.0 Å². The minimum atomic E-state index is 0.308. The van der Waals surface area contributed by atoms with E-state index >= 15 is 0 Å². The van der Waals surface area contributed by atoms with Crippen molar-refractivity contribution in [2.24, 2.45) is 0 Å². The lowest BCUT2D eigenvalue weighted by molar-refractivity contribution is 0.471. The van der Waals surface area contributed by atoms with Gasteiger partial charge in [-0.25, -0.2) is 0 Å². The van der Waals surface area contributed by atoms with Crippen LogP contribution >= 0.6 is 0 Å². The zero-order valence-electron chi connectivity index (χ0n) is 18.0. The Labute approximate surface area is 185 Å². The molecule has 1 heterocycles. The standard InChI is InChI=1S/C28H31N3/c1-3-11-23(12-4-1)21-29-19-10-9-17-28(31-22-24-13-5-2-6-14-24)26-18-20-30-27-16-8-7-15-25(26)27/h1-8,11-16,18,20,28-29,31H,9-10,17,19,21-22H2. The summed E-state index contributed by atoms with van der Waals surface area (Å²) in [6, 6.07) is 32.2. The maximum absolute atomic E-state index is 4.55. The molecule has 3 heteroatoms. The maximum Gasteiger partial charge on any atom is 0.0705 e. The molecule has 0 bridgehead atoms. The van der Waals surface area contributed by atoms with Crippen molar-refractivity contribution < 1.29 is 0 Å². The highest BCUT2D eigenvalue weighted by Crippen LogP contribution is 2.26. The molecule has 0 saturated heterocycles. The fourth-order valence-electron chi connectivity index (χ4n) is 4.05. The molecule has 4 rings (SSSR count). The molecule has 1 atom stereocenters. The Hall–Kier alpha value is -3.01. The molecule has 0 aliphatic carbocycles. The molecule has 0 radical (unpaired) electrons. The van der Waals surface area contributed by atoms with Crippen LogP contribution in [0, 0.1) is 0 Å². The van der Waals surface area contributed by atoms with E-state index in [1.165, 1.54) is 34.9 Å². The number of para-hydroxylation sites is 1. The van der Waals surface area contributed by atoms with Crippen LogP contribution in [-0.4, -0.2) is 11.5 Å². The third-order valence-electron chi connectivity index (χ3n) is 5.72.